The van der Waals surface area contributed by atoms with Crippen molar-refractivity contribution >= 4 is 32.9 Å². The van der Waals surface area contributed by atoms with Crippen LogP contribution in [0.5, 0.6) is 11.5 Å². The van der Waals surface area contributed by atoms with Gasteiger partial charge in [-0.1, -0.05) is 0 Å². The second-order valence-corrected chi connectivity index (χ2v) is 11.8. The second kappa shape index (κ2) is 10.4. The maximum absolute atomic E-state index is 14.4. The number of aromatic nitrogens is 2. The number of carbonyl (C=O) groups is 1. The molecule has 0 radical (unpaired) electrons. The van der Waals surface area contributed by atoms with E-state index in [4.69, 9.17) is 14.2 Å². The van der Waals surface area contributed by atoms with Gasteiger partial charge in [-0.2, -0.15) is 5.26 Å². The van der Waals surface area contributed by atoms with Crippen LogP contribution in [-0.2, 0) is 9.47 Å². The quantitative estimate of drug-likeness (QED) is 0.364. The maximum Gasteiger partial charge on any atom is 0.410 e. The molecular weight excluding hydrogens is 590 g/mol. The molecule has 0 saturated carbocycles. The largest absolute Gasteiger partial charge is 0.452 e. The molecule has 2 aliphatic heterocycles. The minimum Gasteiger partial charge on any atom is -0.452 e. The Hall–Kier alpha value is -3.56. The third-order valence-electron chi connectivity index (χ3n) is 7.15. The lowest BCUT2D eigenvalue weighted by atomic mass is 9.87. The van der Waals surface area contributed by atoms with E-state index >= 15 is 0 Å². The molecule has 3 aromatic rings. The third kappa shape index (κ3) is 5.28. The van der Waals surface area contributed by atoms with E-state index in [0.29, 0.717) is 44.5 Å². The average Bonchev–Trinajstić information content (AvgIpc) is 3.30. The molecule has 1 spiro atoms. The molecule has 9 nitrogen and oxygen atoms in total. The van der Waals surface area contributed by atoms with Crippen LogP contribution in [-0.4, -0.2) is 51.4 Å². The number of halogens is 3. The van der Waals surface area contributed by atoms with E-state index in [1.807, 2.05) is 20.8 Å². The summed E-state index contributed by atoms with van der Waals surface area (Å²) in [6.07, 6.45) is 2.91. The molecule has 40 heavy (non-hydrogen) atoms. The van der Waals surface area contributed by atoms with Crippen LogP contribution in [0.1, 0.15) is 51.6 Å². The fourth-order valence-corrected chi connectivity index (χ4v) is 5.71. The minimum absolute atomic E-state index is 0.0267. The molecular formula is C28H27BrF2N4O5. The Morgan fingerprint density at radius 2 is 1.90 bits per heavy atom. The van der Waals surface area contributed by atoms with Crippen molar-refractivity contribution in [2.24, 2.45) is 0 Å². The number of hydrogen-bond acceptors (Lipinski definition) is 7. The van der Waals surface area contributed by atoms with Gasteiger partial charge >= 0.3 is 6.09 Å². The lowest BCUT2D eigenvalue weighted by Crippen LogP contribution is -2.48. The molecule has 2 aliphatic rings. The standard InChI is InChI=1S/C28H27BrF2N4O5/c1-27(2,3)40-26(37)34-10-8-28(9-11-34)12-16(14-38-28)35-15-33-20-6-7-21(23(29)22(20)25(35)36)39-24-17(13-32)18(30)4-5-19(24)31/h4-7,15-16H,8-12,14H2,1-3H3. The van der Waals surface area contributed by atoms with E-state index in [1.54, 1.807) is 11.0 Å². The number of benzene rings is 2. The predicted octanol–water partition coefficient (Wildman–Crippen LogP) is 5.83. The van der Waals surface area contributed by atoms with Gasteiger partial charge < -0.3 is 19.1 Å². The number of likely N-dealkylation sites (tertiary alicyclic amines) is 1. The average molecular weight is 617 g/mol. The summed E-state index contributed by atoms with van der Waals surface area (Å²) >= 11 is 3.38. The van der Waals surface area contributed by atoms with E-state index in [1.165, 1.54) is 23.0 Å². The van der Waals surface area contributed by atoms with Crippen molar-refractivity contribution in [3.63, 3.8) is 0 Å². The topological polar surface area (TPSA) is 107 Å². The van der Waals surface area contributed by atoms with Gasteiger partial charge in [0.05, 0.1) is 40.0 Å². The molecule has 1 unspecified atom stereocenters. The Balaban J connectivity index is 1.38. The Bertz CT molecular complexity index is 1590. The van der Waals surface area contributed by atoms with Crippen molar-refractivity contribution in [2.45, 2.75) is 57.3 Å². The predicted molar refractivity (Wildman–Crippen MR) is 144 cm³/mol. The number of nitriles is 1. The summed E-state index contributed by atoms with van der Waals surface area (Å²) in [6, 6.07) is 6.02. The first-order valence-electron chi connectivity index (χ1n) is 12.8. The molecule has 0 bridgehead atoms. The highest BCUT2D eigenvalue weighted by molar-refractivity contribution is 9.10. The number of piperidine rings is 1. The second-order valence-electron chi connectivity index (χ2n) is 11.0. The molecule has 3 heterocycles. The molecule has 5 rings (SSSR count). The van der Waals surface area contributed by atoms with E-state index in [0.717, 1.165) is 12.1 Å². The van der Waals surface area contributed by atoms with Crippen LogP contribution in [0.4, 0.5) is 13.6 Å². The van der Waals surface area contributed by atoms with Crippen molar-refractivity contribution in [3.8, 4) is 17.6 Å². The van der Waals surface area contributed by atoms with Crippen LogP contribution in [0.2, 0.25) is 0 Å². The molecule has 0 N–H and O–H groups in total. The highest BCUT2D eigenvalue weighted by Gasteiger charge is 2.45. The lowest BCUT2D eigenvalue weighted by Gasteiger charge is -2.39. The number of amides is 1. The smallest absolute Gasteiger partial charge is 0.410 e. The van der Waals surface area contributed by atoms with Crippen LogP contribution in [0.25, 0.3) is 10.9 Å². The fraction of sp³-hybridized carbons (Fsp3) is 0.429. The van der Waals surface area contributed by atoms with E-state index < -0.39 is 34.1 Å². The summed E-state index contributed by atoms with van der Waals surface area (Å²) in [4.78, 5) is 32.2. The SMILES string of the molecule is CC(C)(C)OC(=O)N1CCC2(CC1)CC(n1cnc3ccc(Oc4c(F)ccc(F)c4C#N)c(Br)c3c1=O)CO2. The van der Waals surface area contributed by atoms with Crippen LogP contribution < -0.4 is 10.3 Å². The number of fused-ring (bicyclic) bond motifs is 1. The zero-order chi connectivity index (χ0) is 28.8. The van der Waals surface area contributed by atoms with Crippen LogP contribution in [0.15, 0.2) is 39.9 Å². The summed E-state index contributed by atoms with van der Waals surface area (Å²) in [5.41, 5.74) is -1.61. The summed E-state index contributed by atoms with van der Waals surface area (Å²) in [5, 5.41) is 9.48. The van der Waals surface area contributed by atoms with E-state index in [9.17, 15) is 23.6 Å². The van der Waals surface area contributed by atoms with Crippen molar-refractivity contribution < 1.29 is 27.8 Å². The highest BCUT2D eigenvalue weighted by Crippen LogP contribution is 2.41. The highest BCUT2D eigenvalue weighted by atomic mass is 79.9. The van der Waals surface area contributed by atoms with Gasteiger partial charge in [0.2, 0.25) is 0 Å². The van der Waals surface area contributed by atoms with Crippen LogP contribution in [0, 0.1) is 23.0 Å². The molecule has 210 valence electrons. The molecule has 2 fully saturated rings. The third-order valence-corrected chi connectivity index (χ3v) is 7.93. The van der Waals surface area contributed by atoms with Crippen molar-refractivity contribution in [1.29, 1.82) is 5.26 Å². The Morgan fingerprint density at radius 3 is 2.58 bits per heavy atom. The zero-order valence-electron chi connectivity index (χ0n) is 22.2. The number of hydrogen-bond donors (Lipinski definition) is 0. The van der Waals surface area contributed by atoms with Crippen molar-refractivity contribution in [2.75, 3.05) is 19.7 Å². The Morgan fingerprint density at radius 1 is 1.20 bits per heavy atom. The molecule has 2 saturated heterocycles. The normalized spacial score (nSPS) is 18.6. The van der Waals surface area contributed by atoms with Crippen molar-refractivity contribution in [3.05, 3.63) is 62.6 Å². The molecule has 12 heteroatoms. The fourth-order valence-electron chi connectivity index (χ4n) is 5.12. The maximum atomic E-state index is 14.4. The van der Waals surface area contributed by atoms with Crippen molar-refractivity contribution in [1.82, 2.24) is 14.5 Å². The van der Waals surface area contributed by atoms with Gasteiger partial charge in [-0.05, 0) is 80.2 Å². The molecule has 2 aromatic carbocycles. The molecule has 1 aromatic heterocycles. The van der Waals surface area contributed by atoms with Crippen LogP contribution in [0.3, 0.4) is 0 Å². The number of carbonyl (C=O) groups excluding carboxylic acids is 1. The van der Waals surface area contributed by atoms with E-state index in [-0.39, 0.29) is 33.3 Å². The summed E-state index contributed by atoms with van der Waals surface area (Å²) in [6.45, 7) is 6.75. The van der Waals surface area contributed by atoms with Gasteiger partial charge in [-0.15, -0.1) is 0 Å². The monoisotopic (exact) mass is 616 g/mol. The van der Waals surface area contributed by atoms with Gasteiger partial charge in [0.25, 0.3) is 5.56 Å². The van der Waals surface area contributed by atoms with Crippen LogP contribution >= 0.6 is 15.9 Å². The first kappa shape index (κ1) is 28.0. The number of rotatable bonds is 3. The molecule has 0 aliphatic carbocycles. The zero-order valence-corrected chi connectivity index (χ0v) is 23.8. The van der Waals surface area contributed by atoms with Gasteiger partial charge in [-0.25, -0.2) is 18.6 Å². The summed E-state index contributed by atoms with van der Waals surface area (Å²) in [5.74, 6) is -2.39. The molecule has 1 atom stereocenters. The van der Waals surface area contributed by atoms with Gasteiger partial charge in [0.1, 0.15) is 28.8 Å². The first-order valence-corrected chi connectivity index (χ1v) is 13.6. The molecule has 1 amide bonds. The van der Waals surface area contributed by atoms with Gasteiger partial charge in [0, 0.05) is 13.1 Å². The Kier molecular flexibility index (Phi) is 7.31. The number of ether oxygens (including phenoxy) is 3. The van der Waals surface area contributed by atoms with E-state index in [2.05, 4.69) is 20.9 Å². The number of nitrogens with zero attached hydrogens (tertiary/aromatic N) is 4. The van der Waals surface area contributed by atoms with Gasteiger partial charge in [0.15, 0.2) is 11.6 Å². The summed E-state index contributed by atoms with van der Waals surface area (Å²) in [7, 11) is 0. The van der Waals surface area contributed by atoms with Gasteiger partial charge in [-0.3, -0.25) is 9.36 Å². The summed E-state index contributed by atoms with van der Waals surface area (Å²) < 4.78 is 47.5. The Labute approximate surface area is 237 Å². The minimum atomic E-state index is -0.924. The first-order chi connectivity index (χ1) is 18.9. The lowest BCUT2D eigenvalue weighted by molar-refractivity contribution is -0.0486.